The number of nitrogens with zero attached hydrogens (tertiary/aromatic N) is 2. The van der Waals surface area contributed by atoms with Gasteiger partial charge < -0.3 is 0 Å². The van der Waals surface area contributed by atoms with E-state index < -0.39 is 5.66 Å². The van der Waals surface area contributed by atoms with E-state index in [1.54, 1.807) is 7.05 Å². The quantitative estimate of drug-likeness (QED) is 0.653. The first-order valence-corrected chi connectivity index (χ1v) is 4.69. The highest BCUT2D eigenvalue weighted by Crippen LogP contribution is 2.30. The van der Waals surface area contributed by atoms with Crippen LogP contribution in [0.3, 0.4) is 0 Å². The van der Waals surface area contributed by atoms with E-state index in [2.05, 4.69) is 38.1 Å². The Kier molecular flexibility index (Phi) is 2.41. The molecular formula is C9H18N3O+. The Bertz CT molecular complexity index is 248. The lowest BCUT2D eigenvalue weighted by Gasteiger charge is -2.27. The summed E-state index contributed by atoms with van der Waals surface area (Å²) < 4.78 is 1.39. The molecule has 0 aromatic rings. The van der Waals surface area contributed by atoms with Crippen LogP contribution in [0.5, 0.6) is 0 Å². The molecule has 1 N–H and O–H groups in total. The third kappa shape index (κ3) is 1.45. The summed E-state index contributed by atoms with van der Waals surface area (Å²) in [6.45, 7) is 8.29. The molecule has 1 aliphatic heterocycles. The number of urea groups is 1. The number of carbonyl (C=O) groups excluding carboxylic acids is 1. The zero-order chi connectivity index (χ0) is 10.2. The Morgan fingerprint density at radius 3 is 1.92 bits per heavy atom. The molecule has 0 aromatic carbocycles. The molecule has 0 unspecified atom stereocenters. The summed E-state index contributed by atoms with van der Waals surface area (Å²) in [5.74, 6) is 0.614. The van der Waals surface area contributed by atoms with Gasteiger partial charge in [-0.3, -0.25) is 0 Å². The van der Waals surface area contributed by atoms with E-state index in [0.29, 0.717) is 11.8 Å². The minimum atomic E-state index is -0.411. The fraction of sp³-hybridized carbons (Fsp3) is 0.889. The minimum Gasteiger partial charge on any atom is -0.207 e. The number of azo groups is 2. The summed E-state index contributed by atoms with van der Waals surface area (Å²) >= 11 is 0. The Morgan fingerprint density at radius 2 is 1.77 bits per heavy atom. The molecule has 4 nitrogen and oxygen atoms in total. The van der Waals surface area contributed by atoms with Crippen LogP contribution in [0.15, 0.2) is 5.11 Å². The van der Waals surface area contributed by atoms with Gasteiger partial charge in [0.1, 0.15) is 7.05 Å². The van der Waals surface area contributed by atoms with Crippen molar-refractivity contribution in [3.05, 3.63) is 0 Å². The molecule has 74 valence electrons. The van der Waals surface area contributed by atoms with Crippen molar-refractivity contribution in [3.8, 4) is 0 Å². The number of amides is 2. The van der Waals surface area contributed by atoms with E-state index in [0.717, 1.165) is 0 Å². The largest absolute Gasteiger partial charge is 0.513 e. The second-order valence-electron chi connectivity index (χ2n) is 4.19. The van der Waals surface area contributed by atoms with Gasteiger partial charge in [-0.05, 0) is 0 Å². The van der Waals surface area contributed by atoms with Crippen molar-refractivity contribution in [1.82, 2.24) is 5.32 Å². The van der Waals surface area contributed by atoms with Crippen LogP contribution in [-0.2, 0) is 0 Å². The van der Waals surface area contributed by atoms with Gasteiger partial charge in [-0.25, -0.2) is 5.32 Å². The normalized spacial score (nSPS) is 20.8. The summed E-state index contributed by atoms with van der Waals surface area (Å²) in [5, 5.41) is 7.31. The molecule has 1 rings (SSSR count). The minimum absolute atomic E-state index is 0.109. The Balaban J connectivity index is 3.04. The van der Waals surface area contributed by atoms with Crippen LogP contribution in [0.25, 0.3) is 0 Å². The van der Waals surface area contributed by atoms with Gasteiger partial charge in [0.05, 0.1) is 0 Å². The second kappa shape index (κ2) is 3.09. The van der Waals surface area contributed by atoms with Crippen LogP contribution in [0.2, 0.25) is 0 Å². The number of hydrogen-bond acceptors (Lipinski definition) is 2. The maximum atomic E-state index is 11.3. The predicted octanol–water partition coefficient (Wildman–Crippen LogP) is 1.81. The van der Waals surface area contributed by atoms with E-state index in [9.17, 15) is 4.79 Å². The number of rotatable bonds is 2. The van der Waals surface area contributed by atoms with Crippen LogP contribution in [0, 0.1) is 11.8 Å². The van der Waals surface area contributed by atoms with Crippen molar-refractivity contribution in [1.29, 1.82) is 0 Å². The van der Waals surface area contributed by atoms with Gasteiger partial charge in [-0.1, -0.05) is 32.8 Å². The first-order valence-electron chi connectivity index (χ1n) is 4.69. The lowest BCUT2D eigenvalue weighted by atomic mass is 9.86. The smallest absolute Gasteiger partial charge is 0.207 e. The Hall–Kier alpha value is -0.930. The highest BCUT2D eigenvalue weighted by molar-refractivity contribution is 5.66. The highest BCUT2D eigenvalue weighted by atomic mass is 16.2. The zero-order valence-corrected chi connectivity index (χ0v) is 8.96. The van der Waals surface area contributed by atoms with Crippen LogP contribution < -0.4 is 5.32 Å². The van der Waals surface area contributed by atoms with E-state index in [-0.39, 0.29) is 6.03 Å². The Labute approximate surface area is 79.0 Å². The average Bonchev–Trinajstić information content (AvgIpc) is 2.29. The van der Waals surface area contributed by atoms with Crippen molar-refractivity contribution < 1.29 is 9.49 Å². The van der Waals surface area contributed by atoms with E-state index in [1.165, 1.54) is 4.70 Å². The van der Waals surface area contributed by atoms with Crippen LogP contribution in [-0.4, -0.2) is 23.4 Å². The Morgan fingerprint density at radius 1 is 1.31 bits per heavy atom. The van der Waals surface area contributed by atoms with E-state index in [4.69, 9.17) is 0 Å². The second-order valence-corrected chi connectivity index (χ2v) is 4.19. The molecule has 0 saturated heterocycles. The SMILES string of the molecule is CC(C)C1(C(C)C)N=[N+](C)C(=O)N1. The molecule has 4 heteroatoms. The topological polar surface area (TPSA) is 44.5 Å². The first kappa shape index (κ1) is 10.2. The zero-order valence-electron chi connectivity index (χ0n) is 8.96. The number of hydrogen-bond donors (Lipinski definition) is 1. The van der Waals surface area contributed by atoms with E-state index >= 15 is 0 Å². The summed E-state index contributed by atoms with van der Waals surface area (Å²) in [6.07, 6.45) is 0. The van der Waals surface area contributed by atoms with Crippen LogP contribution in [0.1, 0.15) is 27.7 Å². The average molecular weight is 184 g/mol. The van der Waals surface area contributed by atoms with Gasteiger partial charge in [0.15, 0.2) is 0 Å². The number of carbonyl (C=O) groups is 1. The maximum Gasteiger partial charge on any atom is 0.513 e. The number of nitrogens with one attached hydrogen (secondary N) is 1. The third-order valence-corrected chi connectivity index (χ3v) is 2.68. The third-order valence-electron chi connectivity index (χ3n) is 2.68. The van der Waals surface area contributed by atoms with Gasteiger partial charge in [-0.15, -0.1) is 4.70 Å². The predicted molar refractivity (Wildman–Crippen MR) is 49.6 cm³/mol. The van der Waals surface area contributed by atoms with Gasteiger partial charge in [-0.2, -0.15) is 4.79 Å². The molecule has 1 heterocycles. The molecule has 1 aliphatic rings. The maximum absolute atomic E-state index is 11.3. The van der Waals surface area contributed by atoms with Gasteiger partial charge >= 0.3 is 6.03 Å². The molecule has 0 spiro atoms. The lowest BCUT2D eigenvalue weighted by molar-refractivity contribution is -0.462. The van der Waals surface area contributed by atoms with Crippen molar-refractivity contribution in [2.24, 2.45) is 17.0 Å². The van der Waals surface area contributed by atoms with Crippen molar-refractivity contribution in [2.45, 2.75) is 33.4 Å². The molecule has 0 fully saturated rings. The highest BCUT2D eigenvalue weighted by Gasteiger charge is 2.50. The summed E-state index contributed by atoms with van der Waals surface area (Å²) in [5.41, 5.74) is -0.411. The van der Waals surface area contributed by atoms with Gasteiger partial charge in [0, 0.05) is 11.8 Å². The summed E-state index contributed by atoms with van der Waals surface area (Å²) in [7, 11) is 1.68. The lowest BCUT2D eigenvalue weighted by Crippen LogP contribution is -2.50. The molecule has 0 radical (unpaired) electrons. The van der Waals surface area contributed by atoms with Crippen molar-refractivity contribution in [2.75, 3.05) is 7.05 Å². The van der Waals surface area contributed by atoms with Gasteiger partial charge in [0.25, 0.3) is 0 Å². The van der Waals surface area contributed by atoms with E-state index in [1.807, 2.05) is 0 Å². The molecular weight excluding hydrogens is 166 g/mol. The van der Waals surface area contributed by atoms with Crippen molar-refractivity contribution in [3.63, 3.8) is 0 Å². The van der Waals surface area contributed by atoms with Crippen LogP contribution in [0.4, 0.5) is 4.79 Å². The monoisotopic (exact) mass is 184 g/mol. The summed E-state index contributed by atoms with van der Waals surface area (Å²) in [4.78, 5) is 11.3. The van der Waals surface area contributed by atoms with Crippen molar-refractivity contribution >= 4 is 6.03 Å². The molecule has 0 saturated carbocycles. The fourth-order valence-corrected chi connectivity index (χ4v) is 1.76. The van der Waals surface area contributed by atoms with Crippen LogP contribution >= 0.6 is 0 Å². The molecule has 2 amide bonds. The van der Waals surface area contributed by atoms with Gasteiger partial charge in [0.2, 0.25) is 5.66 Å². The molecule has 0 aliphatic carbocycles. The fourth-order valence-electron chi connectivity index (χ4n) is 1.76. The molecule has 0 atom stereocenters. The molecule has 0 bridgehead atoms. The first-order chi connectivity index (χ1) is 5.90. The molecule has 13 heavy (non-hydrogen) atoms. The molecule has 0 aromatic heterocycles. The summed E-state index contributed by atoms with van der Waals surface area (Å²) in [6, 6.07) is -0.109. The standard InChI is InChI=1S/C9H17N3O/c1-6(2)9(7(3)4)10-8(13)12(5)11-9/h6-7H,1-5H3/p+1.